The van der Waals surface area contributed by atoms with Crippen molar-refractivity contribution in [2.24, 2.45) is 17.3 Å². The Bertz CT molecular complexity index is 243. The second-order valence-electron chi connectivity index (χ2n) is 5.99. The highest BCUT2D eigenvalue weighted by Gasteiger charge is 2.36. The molecule has 0 aromatic heterocycles. The Labute approximate surface area is 106 Å². The normalized spacial score (nSPS) is 22.8. The van der Waals surface area contributed by atoms with Crippen LogP contribution in [0.25, 0.3) is 0 Å². The summed E-state index contributed by atoms with van der Waals surface area (Å²) in [6, 6.07) is 0. The average molecular weight is 240 g/mol. The van der Waals surface area contributed by atoms with Gasteiger partial charge in [-0.05, 0) is 31.6 Å². The molecule has 0 saturated heterocycles. The van der Waals surface area contributed by atoms with Gasteiger partial charge >= 0.3 is 5.97 Å². The number of hydrogen-bond donors (Lipinski definition) is 0. The Hall–Kier alpha value is -0.530. The maximum absolute atomic E-state index is 11.9. The number of ether oxygens (including phenoxy) is 1. The Kier molecular flexibility index (Phi) is 5.48. The molecular weight excluding hydrogens is 212 g/mol. The topological polar surface area (TPSA) is 26.3 Å². The van der Waals surface area contributed by atoms with Gasteiger partial charge in [-0.1, -0.05) is 46.0 Å². The molecule has 2 unspecified atom stereocenters. The summed E-state index contributed by atoms with van der Waals surface area (Å²) in [5.74, 6) is 1.42. The molecule has 0 radical (unpaired) electrons. The lowest BCUT2D eigenvalue weighted by atomic mass is 9.71. The largest absolute Gasteiger partial charge is 0.469 e. The molecule has 2 heteroatoms. The predicted molar refractivity (Wildman–Crippen MR) is 70.8 cm³/mol. The Balaban J connectivity index is 2.57. The van der Waals surface area contributed by atoms with Gasteiger partial charge in [0.2, 0.25) is 0 Å². The summed E-state index contributed by atoms with van der Waals surface area (Å²) in [7, 11) is 1.50. The lowest BCUT2D eigenvalue weighted by molar-refractivity contribution is -0.153. The molecule has 100 valence electrons. The summed E-state index contributed by atoms with van der Waals surface area (Å²) in [5.41, 5.74) is -0.286. The Morgan fingerprint density at radius 2 is 1.94 bits per heavy atom. The molecule has 0 aromatic carbocycles. The zero-order valence-corrected chi connectivity index (χ0v) is 11.9. The van der Waals surface area contributed by atoms with E-state index in [4.69, 9.17) is 4.74 Å². The number of rotatable bonds is 5. The predicted octanol–water partition coefficient (Wildman–Crippen LogP) is 4.18. The molecule has 1 fully saturated rings. The minimum Gasteiger partial charge on any atom is -0.469 e. The van der Waals surface area contributed by atoms with E-state index in [1.165, 1.54) is 39.2 Å². The van der Waals surface area contributed by atoms with Gasteiger partial charge < -0.3 is 4.74 Å². The summed E-state index contributed by atoms with van der Waals surface area (Å²) in [4.78, 5) is 11.9. The van der Waals surface area contributed by atoms with Crippen LogP contribution in [0.2, 0.25) is 0 Å². The van der Waals surface area contributed by atoms with Gasteiger partial charge in [0.25, 0.3) is 0 Å². The first-order chi connectivity index (χ1) is 8.03. The summed E-state index contributed by atoms with van der Waals surface area (Å²) >= 11 is 0. The monoisotopic (exact) mass is 240 g/mol. The summed E-state index contributed by atoms with van der Waals surface area (Å²) in [6.45, 7) is 6.45. The van der Waals surface area contributed by atoms with Gasteiger partial charge in [-0.3, -0.25) is 4.79 Å². The first kappa shape index (κ1) is 14.5. The molecule has 0 N–H and O–H groups in total. The fourth-order valence-electron chi connectivity index (χ4n) is 3.20. The quantitative estimate of drug-likeness (QED) is 0.674. The highest BCUT2D eigenvalue weighted by molar-refractivity contribution is 5.76. The maximum Gasteiger partial charge on any atom is 0.311 e. The second kappa shape index (κ2) is 6.42. The van der Waals surface area contributed by atoms with Gasteiger partial charge in [0.05, 0.1) is 12.5 Å². The van der Waals surface area contributed by atoms with Crippen molar-refractivity contribution < 1.29 is 9.53 Å². The van der Waals surface area contributed by atoms with Crippen LogP contribution in [0.15, 0.2) is 0 Å². The number of methoxy groups -OCH3 is 1. The molecule has 1 saturated carbocycles. The first-order valence-corrected chi connectivity index (χ1v) is 7.12. The lowest BCUT2D eigenvalue weighted by Gasteiger charge is -2.34. The van der Waals surface area contributed by atoms with Gasteiger partial charge in [-0.25, -0.2) is 0 Å². The highest BCUT2D eigenvalue weighted by Crippen LogP contribution is 2.38. The summed E-state index contributed by atoms with van der Waals surface area (Å²) in [5, 5.41) is 0. The molecule has 1 aliphatic rings. The molecule has 2 nitrogen and oxygen atoms in total. The molecule has 0 spiro atoms. The number of hydrogen-bond acceptors (Lipinski definition) is 2. The maximum atomic E-state index is 11.9. The van der Waals surface area contributed by atoms with Gasteiger partial charge in [0, 0.05) is 0 Å². The van der Waals surface area contributed by atoms with Crippen molar-refractivity contribution in [2.45, 2.75) is 65.7 Å². The van der Waals surface area contributed by atoms with Gasteiger partial charge in [-0.2, -0.15) is 0 Å². The lowest BCUT2D eigenvalue weighted by Crippen LogP contribution is -2.32. The standard InChI is InChI=1S/C15H28O2/c1-5-15(3,14(16)17-4)11-12(2)13-9-7-6-8-10-13/h12-13H,5-11H2,1-4H3. The molecule has 0 heterocycles. The van der Waals surface area contributed by atoms with Crippen LogP contribution in [-0.4, -0.2) is 13.1 Å². The molecule has 0 amide bonds. The number of carbonyl (C=O) groups excluding carboxylic acids is 1. The smallest absolute Gasteiger partial charge is 0.311 e. The minimum atomic E-state index is -0.286. The van der Waals surface area contributed by atoms with E-state index >= 15 is 0 Å². The van der Waals surface area contributed by atoms with Crippen LogP contribution >= 0.6 is 0 Å². The molecule has 0 aromatic rings. The van der Waals surface area contributed by atoms with Crippen molar-refractivity contribution in [1.29, 1.82) is 0 Å². The van der Waals surface area contributed by atoms with Crippen LogP contribution in [0.4, 0.5) is 0 Å². The molecule has 1 aliphatic carbocycles. The van der Waals surface area contributed by atoms with E-state index < -0.39 is 0 Å². The molecule has 0 aliphatic heterocycles. The van der Waals surface area contributed by atoms with E-state index in [-0.39, 0.29) is 11.4 Å². The average Bonchev–Trinajstić information content (AvgIpc) is 2.38. The van der Waals surface area contributed by atoms with Crippen molar-refractivity contribution in [3.05, 3.63) is 0 Å². The Morgan fingerprint density at radius 1 is 1.35 bits per heavy atom. The van der Waals surface area contributed by atoms with Crippen LogP contribution in [0.1, 0.15) is 65.7 Å². The number of carbonyl (C=O) groups is 1. The van der Waals surface area contributed by atoms with E-state index in [1.807, 2.05) is 0 Å². The number of esters is 1. The van der Waals surface area contributed by atoms with Crippen LogP contribution in [0.3, 0.4) is 0 Å². The van der Waals surface area contributed by atoms with Crippen molar-refractivity contribution in [3.63, 3.8) is 0 Å². The van der Waals surface area contributed by atoms with E-state index in [0.29, 0.717) is 5.92 Å². The fraction of sp³-hybridized carbons (Fsp3) is 0.933. The molecule has 0 bridgehead atoms. The summed E-state index contributed by atoms with van der Waals surface area (Å²) < 4.78 is 4.96. The van der Waals surface area contributed by atoms with Crippen LogP contribution < -0.4 is 0 Å². The van der Waals surface area contributed by atoms with Crippen molar-refractivity contribution in [3.8, 4) is 0 Å². The van der Waals surface area contributed by atoms with E-state index in [9.17, 15) is 4.79 Å². The van der Waals surface area contributed by atoms with Crippen LogP contribution in [0, 0.1) is 17.3 Å². The molecule has 17 heavy (non-hydrogen) atoms. The van der Waals surface area contributed by atoms with E-state index in [1.54, 1.807) is 0 Å². The minimum absolute atomic E-state index is 0.0392. The Morgan fingerprint density at radius 3 is 2.41 bits per heavy atom. The van der Waals surface area contributed by atoms with E-state index in [2.05, 4.69) is 20.8 Å². The SMILES string of the molecule is CCC(C)(CC(C)C1CCCCC1)C(=O)OC. The van der Waals surface area contributed by atoms with Crippen molar-refractivity contribution in [2.75, 3.05) is 7.11 Å². The first-order valence-electron chi connectivity index (χ1n) is 7.12. The third-order valence-electron chi connectivity index (χ3n) is 4.69. The van der Waals surface area contributed by atoms with Crippen molar-refractivity contribution in [1.82, 2.24) is 0 Å². The van der Waals surface area contributed by atoms with Crippen molar-refractivity contribution >= 4 is 5.97 Å². The summed E-state index contributed by atoms with van der Waals surface area (Å²) in [6.07, 6.45) is 8.68. The van der Waals surface area contributed by atoms with Crippen LogP contribution in [-0.2, 0) is 9.53 Å². The highest BCUT2D eigenvalue weighted by atomic mass is 16.5. The van der Waals surface area contributed by atoms with Crippen LogP contribution in [0.5, 0.6) is 0 Å². The van der Waals surface area contributed by atoms with Gasteiger partial charge in [0.1, 0.15) is 0 Å². The zero-order valence-electron chi connectivity index (χ0n) is 11.9. The third kappa shape index (κ3) is 3.72. The fourth-order valence-corrected chi connectivity index (χ4v) is 3.20. The molecular formula is C15H28O2. The second-order valence-corrected chi connectivity index (χ2v) is 5.99. The van der Waals surface area contributed by atoms with E-state index in [0.717, 1.165) is 18.8 Å². The molecule has 2 atom stereocenters. The molecule has 1 rings (SSSR count). The van der Waals surface area contributed by atoms with Gasteiger partial charge in [0.15, 0.2) is 0 Å². The zero-order chi connectivity index (χ0) is 12.9. The van der Waals surface area contributed by atoms with Gasteiger partial charge in [-0.15, -0.1) is 0 Å². The third-order valence-corrected chi connectivity index (χ3v) is 4.69.